The predicted octanol–water partition coefficient (Wildman–Crippen LogP) is 3.34. The Morgan fingerprint density at radius 3 is 2.32 bits per heavy atom. The van der Waals surface area contributed by atoms with Crippen molar-refractivity contribution in [1.29, 1.82) is 0 Å². The van der Waals surface area contributed by atoms with E-state index in [2.05, 4.69) is 25.0 Å². The van der Waals surface area contributed by atoms with Crippen molar-refractivity contribution in [3.05, 3.63) is 40.2 Å². The molecular formula is C19H26ClF2N5O3S. The highest BCUT2D eigenvalue weighted by molar-refractivity contribution is 7.91. The van der Waals surface area contributed by atoms with E-state index in [4.69, 9.17) is 11.6 Å². The Morgan fingerprint density at radius 2 is 1.74 bits per heavy atom. The van der Waals surface area contributed by atoms with E-state index in [0.717, 1.165) is 6.26 Å². The molecule has 0 aliphatic rings. The van der Waals surface area contributed by atoms with Gasteiger partial charge in [0, 0.05) is 6.42 Å². The van der Waals surface area contributed by atoms with Gasteiger partial charge in [0.05, 0.1) is 23.9 Å². The van der Waals surface area contributed by atoms with Gasteiger partial charge in [0.15, 0.2) is 11.6 Å². The monoisotopic (exact) mass is 477 g/mol. The van der Waals surface area contributed by atoms with Crippen molar-refractivity contribution in [2.24, 2.45) is 5.92 Å². The molecule has 172 valence electrons. The fourth-order valence-electron chi connectivity index (χ4n) is 3.02. The van der Waals surface area contributed by atoms with E-state index in [0.29, 0.717) is 6.42 Å². The van der Waals surface area contributed by atoms with Crippen molar-refractivity contribution in [2.45, 2.75) is 45.6 Å². The number of hydrogen-bond acceptors (Lipinski definition) is 7. The minimum Gasteiger partial charge on any atom is -0.394 e. The normalized spacial score (nSPS) is 13.8. The molecule has 12 heteroatoms. The summed E-state index contributed by atoms with van der Waals surface area (Å²) in [5, 5.41) is 12.3. The molecule has 0 saturated carbocycles. The zero-order chi connectivity index (χ0) is 23.3. The maximum absolute atomic E-state index is 14.3. The lowest BCUT2D eigenvalue weighted by molar-refractivity contribution is 0.259. The second-order valence-corrected chi connectivity index (χ2v) is 9.95. The molecule has 1 heterocycles. The predicted molar refractivity (Wildman–Crippen MR) is 116 cm³/mol. The molecule has 0 fully saturated rings. The Labute approximate surface area is 185 Å². The molecule has 8 nitrogen and oxygen atoms in total. The van der Waals surface area contributed by atoms with Crippen LogP contribution in [0.25, 0.3) is 0 Å². The summed E-state index contributed by atoms with van der Waals surface area (Å²) in [6.07, 6.45) is 1.65. The highest BCUT2D eigenvalue weighted by Crippen LogP contribution is 2.28. The average molecular weight is 478 g/mol. The summed E-state index contributed by atoms with van der Waals surface area (Å²) >= 11 is 5.61. The third kappa shape index (κ3) is 7.51. The molecule has 0 amide bonds. The zero-order valence-electron chi connectivity index (χ0n) is 17.7. The fraction of sp³-hybridized carbons (Fsp3) is 0.526. The van der Waals surface area contributed by atoms with E-state index in [1.807, 2.05) is 13.8 Å². The molecule has 0 aliphatic heterocycles. The molecule has 0 spiro atoms. The summed E-state index contributed by atoms with van der Waals surface area (Å²) in [6.45, 7) is 5.45. The summed E-state index contributed by atoms with van der Waals surface area (Å²) in [5.74, 6) is -2.45. The molecule has 3 N–H and O–H groups in total. The molecule has 31 heavy (non-hydrogen) atoms. The lowest BCUT2D eigenvalue weighted by Gasteiger charge is -2.19. The zero-order valence-corrected chi connectivity index (χ0v) is 19.2. The summed E-state index contributed by atoms with van der Waals surface area (Å²) in [6, 6.07) is 2.29. The van der Waals surface area contributed by atoms with Gasteiger partial charge in [-0.15, -0.1) is 0 Å². The van der Waals surface area contributed by atoms with Crippen LogP contribution in [0.15, 0.2) is 12.1 Å². The lowest BCUT2D eigenvalue weighted by atomic mass is 9.96. The third-order valence-corrected chi connectivity index (χ3v) is 5.20. The van der Waals surface area contributed by atoms with Crippen molar-refractivity contribution >= 4 is 33.5 Å². The van der Waals surface area contributed by atoms with Gasteiger partial charge in [-0.25, -0.2) is 17.2 Å². The molecular weight excluding hydrogens is 452 g/mol. The van der Waals surface area contributed by atoms with Gasteiger partial charge in [0.1, 0.15) is 5.82 Å². The number of aliphatic hydroxyl groups is 1. The number of hydrogen-bond donors (Lipinski definition) is 3. The number of sulfonamides is 1. The standard InChI is InChI=1S/C19H26ClF2N5O3S/c1-10(2)7-12(9-28)23-18-24-15(25-19(26-18)27-31(4,29)30)8-11(3)13-5-6-14(20)17(22)16(13)21/h5-6,10-12,28H,7-9H2,1-4H3,(H2,23,24,25,26,27). The summed E-state index contributed by atoms with van der Waals surface area (Å²) < 4.78 is 53.6. The first-order valence-electron chi connectivity index (χ1n) is 9.63. The van der Waals surface area contributed by atoms with Crippen LogP contribution in [0.4, 0.5) is 20.7 Å². The van der Waals surface area contributed by atoms with Crippen LogP contribution in [0, 0.1) is 17.6 Å². The second kappa shape index (κ2) is 10.5. The van der Waals surface area contributed by atoms with Gasteiger partial charge in [0.2, 0.25) is 21.9 Å². The molecule has 0 bridgehead atoms. The van der Waals surface area contributed by atoms with Crippen molar-refractivity contribution in [3.8, 4) is 0 Å². The Kier molecular flexibility index (Phi) is 8.49. The number of nitrogens with one attached hydrogen (secondary N) is 2. The van der Waals surface area contributed by atoms with Crippen LogP contribution in [0.1, 0.15) is 44.5 Å². The minimum atomic E-state index is -3.67. The van der Waals surface area contributed by atoms with Crippen LogP contribution in [-0.2, 0) is 16.4 Å². The highest BCUT2D eigenvalue weighted by Gasteiger charge is 2.20. The van der Waals surface area contributed by atoms with Gasteiger partial charge in [-0.05, 0) is 29.9 Å². The lowest BCUT2D eigenvalue weighted by Crippen LogP contribution is -2.27. The van der Waals surface area contributed by atoms with Crippen LogP contribution in [0.5, 0.6) is 0 Å². The third-order valence-electron chi connectivity index (χ3n) is 4.35. The van der Waals surface area contributed by atoms with Crippen molar-refractivity contribution < 1.29 is 22.3 Å². The molecule has 1 aromatic heterocycles. The van der Waals surface area contributed by atoms with Crippen LogP contribution >= 0.6 is 11.6 Å². The van der Waals surface area contributed by atoms with Crippen LogP contribution in [-0.4, -0.2) is 47.4 Å². The smallest absolute Gasteiger partial charge is 0.241 e. The molecule has 2 unspecified atom stereocenters. The van der Waals surface area contributed by atoms with Gasteiger partial charge in [0.25, 0.3) is 0 Å². The van der Waals surface area contributed by atoms with Gasteiger partial charge in [-0.2, -0.15) is 15.0 Å². The highest BCUT2D eigenvalue weighted by atomic mass is 35.5. The maximum atomic E-state index is 14.3. The topological polar surface area (TPSA) is 117 Å². The fourth-order valence-corrected chi connectivity index (χ4v) is 3.59. The van der Waals surface area contributed by atoms with Gasteiger partial charge in [-0.3, -0.25) is 4.72 Å². The number of halogens is 3. The minimum absolute atomic E-state index is 0.0609. The van der Waals surface area contributed by atoms with E-state index in [1.54, 1.807) is 6.92 Å². The number of aromatic nitrogens is 3. The largest absolute Gasteiger partial charge is 0.394 e. The van der Waals surface area contributed by atoms with Crippen LogP contribution in [0.2, 0.25) is 5.02 Å². The van der Waals surface area contributed by atoms with Crippen LogP contribution in [0.3, 0.4) is 0 Å². The number of nitrogens with zero attached hydrogens (tertiary/aromatic N) is 3. The molecule has 0 radical (unpaired) electrons. The average Bonchev–Trinajstić information content (AvgIpc) is 2.63. The second-order valence-electron chi connectivity index (χ2n) is 7.80. The van der Waals surface area contributed by atoms with E-state index in [9.17, 15) is 22.3 Å². The molecule has 0 saturated heterocycles. The molecule has 1 aromatic carbocycles. The van der Waals surface area contributed by atoms with Gasteiger partial charge >= 0.3 is 0 Å². The first-order valence-corrected chi connectivity index (χ1v) is 11.9. The van der Waals surface area contributed by atoms with Crippen molar-refractivity contribution in [3.63, 3.8) is 0 Å². The number of anilines is 2. The SMILES string of the molecule is CC(C)CC(CO)Nc1nc(CC(C)c2ccc(Cl)c(F)c2F)nc(NS(C)(=O)=O)n1. The molecule has 2 rings (SSSR count). The van der Waals surface area contributed by atoms with Crippen molar-refractivity contribution in [2.75, 3.05) is 22.9 Å². The van der Waals surface area contributed by atoms with E-state index in [-0.39, 0.29) is 53.3 Å². The van der Waals surface area contributed by atoms with Crippen molar-refractivity contribution in [1.82, 2.24) is 15.0 Å². The van der Waals surface area contributed by atoms with E-state index < -0.39 is 27.6 Å². The quantitative estimate of drug-likeness (QED) is 0.449. The Balaban J connectivity index is 2.36. The Morgan fingerprint density at radius 1 is 1.10 bits per heavy atom. The molecule has 2 atom stereocenters. The van der Waals surface area contributed by atoms with Gasteiger partial charge in [-0.1, -0.05) is 38.4 Å². The molecule has 2 aromatic rings. The Hall–Kier alpha value is -2.11. The maximum Gasteiger partial charge on any atom is 0.241 e. The number of aliphatic hydroxyl groups excluding tert-OH is 1. The van der Waals surface area contributed by atoms with Gasteiger partial charge < -0.3 is 10.4 Å². The van der Waals surface area contributed by atoms with E-state index >= 15 is 0 Å². The molecule has 0 aliphatic carbocycles. The summed E-state index contributed by atoms with van der Waals surface area (Å²) in [4.78, 5) is 12.4. The number of benzene rings is 1. The first-order chi connectivity index (χ1) is 14.4. The van der Waals surface area contributed by atoms with Crippen LogP contribution < -0.4 is 10.0 Å². The Bertz CT molecular complexity index is 1020. The number of rotatable bonds is 10. The summed E-state index contributed by atoms with van der Waals surface area (Å²) in [5.41, 5.74) is 0.0856. The summed E-state index contributed by atoms with van der Waals surface area (Å²) in [7, 11) is -3.67. The van der Waals surface area contributed by atoms with E-state index in [1.165, 1.54) is 12.1 Å². The first kappa shape index (κ1) is 25.2.